The maximum atomic E-state index is 12.5. The summed E-state index contributed by atoms with van der Waals surface area (Å²) in [4.78, 5) is 12.5. The van der Waals surface area contributed by atoms with Crippen LogP contribution in [-0.2, 0) is 13.0 Å². The normalized spacial score (nSPS) is 10.9. The van der Waals surface area contributed by atoms with E-state index in [-0.39, 0.29) is 5.56 Å². The summed E-state index contributed by atoms with van der Waals surface area (Å²) in [6, 6.07) is 17.7. The molecule has 2 aromatic carbocycles. The Labute approximate surface area is 123 Å². The van der Waals surface area contributed by atoms with Crippen LogP contribution in [0.5, 0.6) is 0 Å². The van der Waals surface area contributed by atoms with Crippen LogP contribution in [0.1, 0.15) is 11.1 Å². The Hall–Kier alpha value is -2.55. The Morgan fingerprint density at radius 2 is 1.76 bits per heavy atom. The lowest BCUT2D eigenvalue weighted by atomic mass is 10.1. The first-order valence-corrected chi connectivity index (χ1v) is 7.09. The molecule has 0 saturated heterocycles. The summed E-state index contributed by atoms with van der Waals surface area (Å²) in [7, 11) is 0. The fourth-order valence-electron chi connectivity index (χ4n) is 2.67. The number of benzene rings is 2. The molecule has 0 saturated carbocycles. The van der Waals surface area contributed by atoms with Gasteiger partial charge in [0.05, 0.1) is 0 Å². The zero-order chi connectivity index (χ0) is 14.8. The summed E-state index contributed by atoms with van der Waals surface area (Å²) >= 11 is 0. The number of nitrogens with two attached hydrogens (primary N) is 1. The monoisotopic (exact) mass is 278 g/mol. The number of hydrogen-bond acceptors (Lipinski definition) is 2. The van der Waals surface area contributed by atoms with Crippen LogP contribution in [0.4, 0.5) is 5.82 Å². The van der Waals surface area contributed by atoms with Crippen molar-refractivity contribution in [1.82, 2.24) is 4.57 Å². The number of rotatable bonds is 3. The van der Waals surface area contributed by atoms with E-state index in [1.165, 1.54) is 11.1 Å². The molecule has 3 aromatic rings. The molecule has 3 rings (SSSR count). The Morgan fingerprint density at radius 1 is 1.05 bits per heavy atom. The van der Waals surface area contributed by atoms with Crippen molar-refractivity contribution < 1.29 is 0 Å². The van der Waals surface area contributed by atoms with E-state index < -0.39 is 0 Å². The van der Waals surface area contributed by atoms with Gasteiger partial charge in [0, 0.05) is 11.9 Å². The van der Waals surface area contributed by atoms with Crippen molar-refractivity contribution in [2.24, 2.45) is 0 Å². The highest BCUT2D eigenvalue weighted by Crippen LogP contribution is 2.14. The maximum Gasteiger partial charge on any atom is 0.259 e. The van der Waals surface area contributed by atoms with Gasteiger partial charge in [0.25, 0.3) is 5.56 Å². The molecule has 1 aromatic heterocycles. The molecule has 0 aliphatic rings. The third-order valence-corrected chi connectivity index (χ3v) is 3.92. The van der Waals surface area contributed by atoms with E-state index in [9.17, 15) is 4.79 Å². The average Bonchev–Trinajstić information content (AvgIpc) is 2.49. The topological polar surface area (TPSA) is 48.0 Å². The molecular weight excluding hydrogens is 260 g/mol. The van der Waals surface area contributed by atoms with Gasteiger partial charge in [0.1, 0.15) is 5.82 Å². The summed E-state index contributed by atoms with van der Waals surface area (Å²) in [6.07, 6.45) is 0.801. The molecule has 3 nitrogen and oxygen atoms in total. The van der Waals surface area contributed by atoms with Crippen LogP contribution in [0.25, 0.3) is 10.8 Å². The summed E-state index contributed by atoms with van der Waals surface area (Å²) in [5.74, 6) is 0.521. The minimum Gasteiger partial charge on any atom is -0.385 e. The van der Waals surface area contributed by atoms with Gasteiger partial charge in [-0.3, -0.25) is 9.36 Å². The molecular formula is C18H18N2O. The van der Waals surface area contributed by atoms with Crippen LogP contribution < -0.4 is 11.3 Å². The summed E-state index contributed by atoms with van der Waals surface area (Å²) in [6.45, 7) is 2.68. The molecule has 0 aliphatic carbocycles. The molecule has 0 atom stereocenters. The summed E-state index contributed by atoms with van der Waals surface area (Å²) < 4.78 is 1.66. The minimum absolute atomic E-state index is 0.0146. The van der Waals surface area contributed by atoms with Gasteiger partial charge in [-0.2, -0.15) is 0 Å². The number of aromatic nitrogens is 1. The van der Waals surface area contributed by atoms with E-state index in [4.69, 9.17) is 5.73 Å². The molecule has 21 heavy (non-hydrogen) atoms. The second-order valence-corrected chi connectivity index (χ2v) is 5.29. The number of anilines is 1. The number of aryl methyl sites for hydroxylation is 2. The molecule has 0 radical (unpaired) electrons. The fraction of sp³-hybridized carbons (Fsp3) is 0.167. The van der Waals surface area contributed by atoms with Crippen LogP contribution >= 0.6 is 0 Å². The lowest BCUT2D eigenvalue weighted by molar-refractivity contribution is 0.683. The Balaban J connectivity index is 1.98. The molecule has 0 spiro atoms. The number of pyridine rings is 1. The first-order valence-electron chi connectivity index (χ1n) is 7.09. The molecule has 0 fully saturated rings. The lowest BCUT2D eigenvalue weighted by Crippen LogP contribution is -2.24. The van der Waals surface area contributed by atoms with E-state index in [0.29, 0.717) is 12.4 Å². The van der Waals surface area contributed by atoms with Crippen LogP contribution in [-0.4, -0.2) is 4.57 Å². The minimum atomic E-state index is -0.0146. The van der Waals surface area contributed by atoms with Crippen molar-refractivity contribution in [3.05, 3.63) is 76.1 Å². The number of fused-ring (bicyclic) bond motifs is 1. The summed E-state index contributed by atoms with van der Waals surface area (Å²) in [5.41, 5.74) is 8.53. The SMILES string of the molecule is Cc1ccccc1CCn1c(N)cc2ccccc2c1=O. The van der Waals surface area contributed by atoms with Crippen LogP contribution in [0.2, 0.25) is 0 Å². The second kappa shape index (κ2) is 5.44. The van der Waals surface area contributed by atoms with Gasteiger partial charge in [0.15, 0.2) is 0 Å². The third-order valence-electron chi connectivity index (χ3n) is 3.92. The molecule has 106 valence electrons. The highest BCUT2D eigenvalue weighted by molar-refractivity contribution is 5.83. The highest BCUT2D eigenvalue weighted by atomic mass is 16.1. The van der Waals surface area contributed by atoms with Gasteiger partial charge in [-0.1, -0.05) is 42.5 Å². The fourth-order valence-corrected chi connectivity index (χ4v) is 2.67. The molecule has 0 bridgehead atoms. The molecule has 0 aliphatic heterocycles. The van der Waals surface area contributed by atoms with Crippen LogP contribution in [0, 0.1) is 6.92 Å². The van der Waals surface area contributed by atoms with Crippen LogP contribution in [0.15, 0.2) is 59.4 Å². The highest BCUT2D eigenvalue weighted by Gasteiger charge is 2.07. The number of hydrogen-bond donors (Lipinski definition) is 1. The first kappa shape index (κ1) is 13.4. The first-order chi connectivity index (χ1) is 10.2. The van der Waals surface area contributed by atoms with Crippen molar-refractivity contribution in [2.45, 2.75) is 19.9 Å². The molecule has 0 amide bonds. The molecule has 0 unspecified atom stereocenters. The van der Waals surface area contributed by atoms with Gasteiger partial charge in [-0.05, 0) is 42.0 Å². The average molecular weight is 278 g/mol. The molecule has 3 heteroatoms. The van der Waals surface area contributed by atoms with Gasteiger partial charge in [0.2, 0.25) is 0 Å². The van der Waals surface area contributed by atoms with Gasteiger partial charge >= 0.3 is 0 Å². The summed E-state index contributed by atoms with van der Waals surface area (Å²) in [5, 5.41) is 1.61. The van der Waals surface area contributed by atoms with Crippen molar-refractivity contribution >= 4 is 16.6 Å². The Bertz CT molecular complexity index is 849. The van der Waals surface area contributed by atoms with E-state index in [0.717, 1.165) is 17.2 Å². The maximum absolute atomic E-state index is 12.5. The molecule has 2 N–H and O–H groups in total. The Kier molecular flexibility index (Phi) is 3.48. The van der Waals surface area contributed by atoms with Crippen LogP contribution in [0.3, 0.4) is 0 Å². The standard InChI is InChI=1S/C18H18N2O/c1-13-6-2-3-7-14(13)10-11-20-17(19)12-15-8-4-5-9-16(15)18(20)21/h2-9,12H,10-11,19H2,1H3. The van der Waals surface area contributed by atoms with E-state index in [2.05, 4.69) is 19.1 Å². The van der Waals surface area contributed by atoms with Crippen molar-refractivity contribution in [3.8, 4) is 0 Å². The van der Waals surface area contributed by atoms with E-state index in [1.807, 2.05) is 42.5 Å². The smallest absolute Gasteiger partial charge is 0.259 e. The van der Waals surface area contributed by atoms with Gasteiger partial charge in [-0.25, -0.2) is 0 Å². The van der Waals surface area contributed by atoms with Crippen molar-refractivity contribution in [1.29, 1.82) is 0 Å². The van der Waals surface area contributed by atoms with E-state index in [1.54, 1.807) is 4.57 Å². The number of nitrogen functional groups attached to an aromatic ring is 1. The zero-order valence-electron chi connectivity index (χ0n) is 12.0. The van der Waals surface area contributed by atoms with Gasteiger partial charge < -0.3 is 5.73 Å². The predicted molar refractivity (Wildman–Crippen MR) is 87.5 cm³/mol. The van der Waals surface area contributed by atoms with E-state index >= 15 is 0 Å². The van der Waals surface area contributed by atoms with Crippen molar-refractivity contribution in [3.63, 3.8) is 0 Å². The number of nitrogens with zero attached hydrogens (tertiary/aromatic N) is 1. The quantitative estimate of drug-likeness (QED) is 0.800. The lowest BCUT2D eigenvalue weighted by Gasteiger charge is -2.12. The van der Waals surface area contributed by atoms with Crippen molar-refractivity contribution in [2.75, 3.05) is 5.73 Å². The Morgan fingerprint density at radius 3 is 2.57 bits per heavy atom. The largest absolute Gasteiger partial charge is 0.385 e. The predicted octanol–water partition coefficient (Wildman–Crippen LogP) is 3.13. The molecule has 1 heterocycles. The van der Waals surface area contributed by atoms with Gasteiger partial charge in [-0.15, -0.1) is 0 Å². The second-order valence-electron chi connectivity index (χ2n) is 5.29. The third kappa shape index (κ3) is 2.55. The zero-order valence-corrected chi connectivity index (χ0v) is 12.0.